The summed E-state index contributed by atoms with van der Waals surface area (Å²) < 4.78 is 1.95. The van der Waals surface area contributed by atoms with Crippen LogP contribution in [0.5, 0.6) is 0 Å². The molecule has 0 unspecified atom stereocenters. The minimum Gasteiger partial charge on any atom is -0.305 e. The Labute approximate surface area is 166 Å². The van der Waals surface area contributed by atoms with Crippen LogP contribution in [0, 0.1) is 0 Å². The Morgan fingerprint density at radius 2 is 1.71 bits per heavy atom. The number of benzene rings is 1. The van der Waals surface area contributed by atoms with Crippen molar-refractivity contribution in [2.45, 2.75) is 18.0 Å². The quantitative estimate of drug-likeness (QED) is 0.349. The van der Waals surface area contributed by atoms with E-state index in [0.717, 1.165) is 35.1 Å². The smallest absolute Gasteiger partial charge is 0.261 e. The van der Waals surface area contributed by atoms with Gasteiger partial charge in [-0.2, -0.15) is 0 Å². The Balaban J connectivity index is 1.28. The highest BCUT2D eigenvalue weighted by Gasteiger charge is 2.34. The number of nitrogens with zero attached hydrogens (tertiary/aromatic N) is 5. The zero-order chi connectivity index (χ0) is 19.5. The first-order valence-electron chi connectivity index (χ1n) is 9.04. The molecule has 0 atom stereocenters. The number of aromatic nitrogens is 4. The van der Waals surface area contributed by atoms with Crippen molar-refractivity contribution in [3.8, 4) is 11.4 Å². The molecular formula is C20H19N5O2S. The van der Waals surface area contributed by atoms with Crippen molar-refractivity contribution >= 4 is 23.6 Å². The molecule has 1 aliphatic heterocycles. The molecule has 0 radical (unpaired) electrons. The Kier molecular flexibility index (Phi) is 5.21. The lowest BCUT2D eigenvalue weighted by Gasteiger charge is -2.13. The molecule has 8 heteroatoms. The second kappa shape index (κ2) is 7.93. The van der Waals surface area contributed by atoms with Gasteiger partial charge in [-0.15, -0.1) is 10.2 Å². The number of rotatable bonds is 7. The van der Waals surface area contributed by atoms with Crippen LogP contribution in [0.2, 0.25) is 0 Å². The van der Waals surface area contributed by atoms with Crippen LogP contribution < -0.4 is 0 Å². The van der Waals surface area contributed by atoms with Crippen LogP contribution in [0.1, 0.15) is 33.6 Å². The van der Waals surface area contributed by atoms with Gasteiger partial charge in [0, 0.05) is 37.3 Å². The molecule has 0 spiro atoms. The Bertz CT molecular complexity index is 983. The average molecular weight is 393 g/mol. The first kappa shape index (κ1) is 18.4. The van der Waals surface area contributed by atoms with Crippen LogP contribution in [-0.2, 0) is 7.05 Å². The summed E-state index contributed by atoms with van der Waals surface area (Å²) in [7, 11) is 1.93. The highest BCUT2D eigenvalue weighted by atomic mass is 32.2. The molecule has 4 rings (SSSR count). The first-order valence-corrected chi connectivity index (χ1v) is 10.0. The van der Waals surface area contributed by atoms with Gasteiger partial charge in [0.1, 0.15) is 0 Å². The van der Waals surface area contributed by atoms with E-state index in [2.05, 4.69) is 15.2 Å². The van der Waals surface area contributed by atoms with E-state index in [1.165, 1.54) is 4.90 Å². The van der Waals surface area contributed by atoms with Crippen molar-refractivity contribution in [2.75, 3.05) is 12.3 Å². The number of carbonyl (C=O) groups excluding carboxylic acids is 2. The van der Waals surface area contributed by atoms with E-state index in [0.29, 0.717) is 17.7 Å². The predicted molar refractivity (Wildman–Crippen MR) is 106 cm³/mol. The maximum Gasteiger partial charge on any atom is 0.261 e. The van der Waals surface area contributed by atoms with Crippen LogP contribution in [0.4, 0.5) is 0 Å². The predicted octanol–water partition coefficient (Wildman–Crippen LogP) is 3.05. The molecule has 0 N–H and O–H groups in total. The maximum atomic E-state index is 12.3. The first-order chi connectivity index (χ1) is 13.7. The van der Waals surface area contributed by atoms with Gasteiger partial charge in [-0.25, -0.2) is 0 Å². The molecule has 1 aromatic carbocycles. The molecule has 0 aliphatic carbocycles. The second-order valence-electron chi connectivity index (χ2n) is 6.47. The molecular weight excluding hydrogens is 374 g/mol. The molecule has 7 nitrogen and oxygen atoms in total. The third-order valence-corrected chi connectivity index (χ3v) is 5.75. The number of imide groups is 1. The summed E-state index contributed by atoms with van der Waals surface area (Å²) in [6, 6.07) is 10.8. The lowest BCUT2D eigenvalue weighted by molar-refractivity contribution is 0.0652. The van der Waals surface area contributed by atoms with E-state index in [1.54, 1.807) is 48.4 Å². The molecule has 0 saturated heterocycles. The van der Waals surface area contributed by atoms with Gasteiger partial charge in [0.2, 0.25) is 0 Å². The van der Waals surface area contributed by atoms with Crippen LogP contribution in [0.25, 0.3) is 11.4 Å². The van der Waals surface area contributed by atoms with Gasteiger partial charge >= 0.3 is 0 Å². The molecule has 0 fully saturated rings. The Hall–Kier alpha value is -3.00. The van der Waals surface area contributed by atoms with Crippen LogP contribution in [0.15, 0.2) is 53.9 Å². The average Bonchev–Trinajstić information content (AvgIpc) is 3.21. The summed E-state index contributed by atoms with van der Waals surface area (Å²) in [4.78, 5) is 30.2. The van der Waals surface area contributed by atoms with E-state index < -0.39 is 0 Å². The largest absolute Gasteiger partial charge is 0.305 e. The van der Waals surface area contributed by atoms with Gasteiger partial charge < -0.3 is 4.57 Å². The Morgan fingerprint density at radius 3 is 2.39 bits per heavy atom. The number of carbonyl (C=O) groups is 2. The molecule has 2 aromatic heterocycles. The van der Waals surface area contributed by atoms with E-state index in [4.69, 9.17) is 0 Å². The summed E-state index contributed by atoms with van der Waals surface area (Å²) in [5.41, 5.74) is 1.93. The highest BCUT2D eigenvalue weighted by molar-refractivity contribution is 7.99. The number of hydrogen-bond acceptors (Lipinski definition) is 6. The molecule has 3 aromatic rings. The monoisotopic (exact) mass is 393 g/mol. The topological polar surface area (TPSA) is 81.0 Å². The Morgan fingerprint density at radius 1 is 0.964 bits per heavy atom. The molecule has 2 amide bonds. The standard InChI is InChI=1S/C20H19N5O2S/c1-24-17(14-7-6-10-21-13-14)22-23-20(24)28-12-5-4-11-25-18(26)15-8-2-3-9-16(15)19(25)27/h2-3,6-10,13H,4-5,11-12H2,1H3. The summed E-state index contributed by atoms with van der Waals surface area (Å²) in [5.74, 6) is 1.23. The number of amides is 2. The van der Waals surface area contributed by atoms with Crippen molar-refractivity contribution in [3.05, 3.63) is 59.9 Å². The third kappa shape index (κ3) is 3.43. The van der Waals surface area contributed by atoms with E-state index >= 15 is 0 Å². The molecule has 28 heavy (non-hydrogen) atoms. The van der Waals surface area contributed by atoms with Gasteiger partial charge in [0.05, 0.1) is 11.1 Å². The molecule has 0 bridgehead atoms. The van der Waals surface area contributed by atoms with E-state index in [-0.39, 0.29) is 11.8 Å². The van der Waals surface area contributed by atoms with Gasteiger partial charge in [0.25, 0.3) is 11.8 Å². The third-order valence-electron chi connectivity index (χ3n) is 4.64. The molecule has 1 aliphatic rings. The van der Waals surface area contributed by atoms with Crippen LogP contribution >= 0.6 is 11.8 Å². The minimum atomic E-state index is -0.192. The molecule has 3 heterocycles. The van der Waals surface area contributed by atoms with Gasteiger partial charge in [0.15, 0.2) is 11.0 Å². The SMILES string of the molecule is Cn1c(SCCCCN2C(=O)c3ccccc3C2=O)nnc1-c1cccnc1. The summed E-state index contributed by atoms with van der Waals surface area (Å²) in [6.07, 6.45) is 5.11. The summed E-state index contributed by atoms with van der Waals surface area (Å²) in [6.45, 7) is 0.437. The van der Waals surface area contributed by atoms with Gasteiger partial charge in [-0.1, -0.05) is 23.9 Å². The number of fused-ring (bicyclic) bond motifs is 1. The van der Waals surface area contributed by atoms with E-state index in [1.807, 2.05) is 23.7 Å². The van der Waals surface area contributed by atoms with Crippen molar-refractivity contribution in [1.82, 2.24) is 24.6 Å². The van der Waals surface area contributed by atoms with Gasteiger partial charge in [-0.3, -0.25) is 19.5 Å². The zero-order valence-corrected chi connectivity index (χ0v) is 16.2. The normalized spacial score (nSPS) is 13.2. The fourth-order valence-electron chi connectivity index (χ4n) is 3.16. The number of hydrogen-bond donors (Lipinski definition) is 0. The summed E-state index contributed by atoms with van der Waals surface area (Å²) in [5, 5.41) is 9.33. The lowest BCUT2D eigenvalue weighted by Crippen LogP contribution is -2.30. The van der Waals surface area contributed by atoms with Crippen LogP contribution in [-0.4, -0.2) is 48.8 Å². The van der Waals surface area contributed by atoms with Crippen molar-refractivity contribution < 1.29 is 9.59 Å². The van der Waals surface area contributed by atoms with Crippen molar-refractivity contribution in [1.29, 1.82) is 0 Å². The fraction of sp³-hybridized carbons (Fsp3) is 0.250. The van der Waals surface area contributed by atoms with Crippen LogP contribution in [0.3, 0.4) is 0 Å². The number of unbranched alkanes of at least 4 members (excludes halogenated alkanes) is 1. The highest BCUT2D eigenvalue weighted by Crippen LogP contribution is 2.24. The lowest BCUT2D eigenvalue weighted by atomic mass is 10.1. The van der Waals surface area contributed by atoms with Crippen molar-refractivity contribution in [3.63, 3.8) is 0 Å². The number of thioether (sulfide) groups is 1. The zero-order valence-electron chi connectivity index (χ0n) is 15.4. The van der Waals surface area contributed by atoms with E-state index in [9.17, 15) is 9.59 Å². The minimum absolute atomic E-state index is 0.192. The number of pyridine rings is 1. The van der Waals surface area contributed by atoms with Crippen molar-refractivity contribution in [2.24, 2.45) is 7.05 Å². The van der Waals surface area contributed by atoms with Gasteiger partial charge in [-0.05, 0) is 37.1 Å². The summed E-state index contributed by atoms with van der Waals surface area (Å²) >= 11 is 1.61. The maximum absolute atomic E-state index is 12.3. The molecule has 142 valence electrons. The fourth-order valence-corrected chi connectivity index (χ4v) is 4.07. The second-order valence-corrected chi connectivity index (χ2v) is 7.53. The molecule has 0 saturated carbocycles.